The first-order chi connectivity index (χ1) is 18.1. The minimum atomic E-state index is -1.04. The molecule has 4 aromatic rings. The van der Waals surface area contributed by atoms with Crippen LogP contribution < -0.4 is 21.1 Å². The molecule has 8 nitrogen and oxygen atoms in total. The molecule has 0 aliphatic carbocycles. The summed E-state index contributed by atoms with van der Waals surface area (Å²) in [4.78, 5) is 30.3. The average molecular weight is 497 g/mol. The van der Waals surface area contributed by atoms with Crippen molar-refractivity contribution in [3.05, 3.63) is 126 Å². The number of rotatable bonds is 10. The van der Waals surface area contributed by atoms with E-state index < -0.39 is 18.0 Å². The zero-order valence-corrected chi connectivity index (χ0v) is 20.2. The van der Waals surface area contributed by atoms with Gasteiger partial charge in [-0.05, 0) is 53.1 Å². The highest BCUT2D eigenvalue weighted by molar-refractivity contribution is 5.97. The number of ether oxygens (including phenoxy) is 2. The van der Waals surface area contributed by atoms with Gasteiger partial charge in [0.2, 0.25) is 0 Å². The van der Waals surface area contributed by atoms with Gasteiger partial charge in [-0.15, -0.1) is 0 Å². The maximum absolute atomic E-state index is 13.3. The van der Waals surface area contributed by atoms with Crippen LogP contribution in [-0.2, 0) is 29.3 Å². The molecule has 0 spiro atoms. The van der Waals surface area contributed by atoms with E-state index in [9.17, 15) is 9.59 Å². The number of hydrogen-bond acceptors (Lipinski definition) is 6. The van der Waals surface area contributed by atoms with Crippen molar-refractivity contribution in [1.29, 1.82) is 0 Å². The van der Waals surface area contributed by atoms with E-state index in [0.29, 0.717) is 23.5 Å². The minimum absolute atomic E-state index is 0.0762. The first-order valence-electron chi connectivity index (χ1n) is 11.8. The average Bonchev–Trinajstić information content (AvgIpc) is 2.95. The lowest BCUT2D eigenvalue weighted by Crippen LogP contribution is -2.37. The Kier molecular flexibility index (Phi) is 8.82. The molecule has 1 atom stereocenters. The van der Waals surface area contributed by atoms with Crippen molar-refractivity contribution in [1.82, 2.24) is 10.3 Å². The summed E-state index contributed by atoms with van der Waals surface area (Å²) in [5, 5.41) is 5.54. The smallest absolute Gasteiger partial charge is 0.408 e. The van der Waals surface area contributed by atoms with Gasteiger partial charge < -0.3 is 25.8 Å². The molecule has 1 aromatic heterocycles. The molecular weight excluding hydrogens is 468 g/mol. The number of nitrogens with zero attached hydrogens (tertiary/aromatic N) is 1. The Morgan fingerprint density at radius 3 is 2.41 bits per heavy atom. The van der Waals surface area contributed by atoms with E-state index in [4.69, 9.17) is 15.2 Å². The van der Waals surface area contributed by atoms with Crippen molar-refractivity contribution in [3.8, 4) is 5.75 Å². The van der Waals surface area contributed by atoms with Gasteiger partial charge in [-0.2, -0.15) is 0 Å². The summed E-state index contributed by atoms with van der Waals surface area (Å²) in [6.07, 6.45) is 0.972. The van der Waals surface area contributed by atoms with E-state index in [1.165, 1.54) is 0 Å². The summed E-state index contributed by atoms with van der Waals surface area (Å²) >= 11 is 0. The summed E-state index contributed by atoms with van der Waals surface area (Å²) < 4.78 is 11.2. The predicted octanol–water partition coefficient (Wildman–Crippen LogP) is 4.73. The number of nitrogens with one attached hydrogen (secondary N) is 2. The third-order valence-electron chi connectivity index (χ3n) is 5.47. The van der Waals surface area contributed by atoms with Gasteiger partial charge in [0.1, 0.15) is 25.0 Å². The van der Waals surface area contributed by atoms with E-state index in [2.05, 4.69) is 15.6 Å². The van der Waals surface area contributed by atoms with Crippen LogP contribution in [0.4, 0.5) is 10.5 Å². The van der Waals surface area contributed by atoms with Crippen molar-refractivity contribution in [2.45, 2.75) is 25.8 Å². The van der Waals surface area contributed by atoms with Crippen LogP contribution in [0.3, 0.4) is 0 Å². The van der Waals surface area contributed by atoms with Crippen LogP contribution in [0.15, 0.2) is 103 Å². The largest absolute Gasteiger partial charge is 0.487 e. The summed E-state index contributed by atoms with van der Waals surface area (Å²) in [7, 11) is 0. The second-order valence-corrected chi connectivity index (χ2v) is 8.22. The molecule has 37 heavy (non-hydrogen) atoms. The molecule has 1 heterocycles. The number of amides is 2. The number of aromatic nitrogens is 1. The maximum atomic E-state index is 13.3. The molecule has 0 unspecified atom stereocenters. The Bertz CT molecular complexity index is 1320. The number of anilines is 1. The zero-order chi connectivity index (χ0) is 25.9. The van der Waals surface area contributed by atoms with E-state index in [1.807, 2.05) is 54.6 Å². The fourth-order valence-corrected chi connectivity index (χ4v) is 3.60. The molecule has 0 aliphatic rings. The van der Waals surface area contributed by atoms with E-state index >= 15 is 0 Å². The molecule has 188 valence electrons. The predicted molar refractivity (Wildman–Crippen MR) is 140 cm³/mol. The van der Waals surface area contributed by atoms with Gasteiger partial charge in [0, 0.05) is 18.4 Å². The lowest BCUT2D eigenvalue weighted by Gasteiger charge is -2.20. The standard InChI is InChI=1S/C29H28N4O4/c30-18-22-10-6-13-24(16-22)32-28(34)27(33-29(35)37-19-21-8-2-1-3-9-21)23-11-7-14-26(17-23)36-20-25-12-4-5-15-31-25/h1-17,27H,18-20,30H2,(H,32,34)(H,33,35)/t27-/m1/s1. The summed E-state index contributed by atoms with van der Waals surface area (Å²) in [6.45, 7) is 0.680. The Morgan fingerprint density at radius 1 is 0.838 bits per heavy atom. The number of carbonyl (C=O) groups is 2. The molecule has 0 fully saturated rings. The second kappa shape index (κ2) is 12.9. The SMILES string of the molecule is NCc1cccc(NC(=O)[C@H](NC(=O)OCc2ccccc2)c2cccc(OCc3ccccn3)c2)c1. The van der Waals surface area contributed by atoms with Crippen LogP contribution in [0.2, 0.25) is 0 Å². The number of benzene rings is 3. The Hall–Kier alpha value is -4.69. The second-order valence-electron chi connectivity index (χ2n) is 8.22. The van der Waals surface area contributed by atoms with Crippen LogP contribution in [0.5, 0.6) is 5.75 Å². The van der Waals surface area contributed by atoms with Gasteiger partial charge in [0.05, 0.1) is 5.69 Å². The van der Waals surface area contributed by atoms with Gasteiger partial charge in [-0.1, -0.05) is 60.7 Å². The van der Waals surface area contributed by atoms with Gasteiger partial charge in [-0.25, -0.2) is 4.79 Å². The zero-order valence-electron chi connectivity index (χ0n) is 20.2. The lowest BCUT2D eigenvalue weighted by atomic mass is 10.1. The molecular formula is C29H28N4O4. The van der Waals surface area contributed by atoms with Crippen molar-refractivity contribution >= 4 is 17.7 Å². The number of pyridine rings is 1. The molecule has 4 rings (SSSR count). The van der Waals surface area contributed by atoms with Crippen molar-refractivity contribution in [2.75, 3.05) is 5.32 Å². The molecule has 3 aromatic carbocycles. The van der Waals surface area contributed by atoms with Gasteiger partial charge >= 0.3 is 6.09 Å². The van der Waals surface area contributed by atoms with Crippen LogP contribution in [0.1, 0.15) is 28.4 Å². The van der Waals surface area contributed by atoms with E-state index in [-0.39, 0.29) is 13.2 Å². The van der Waals surface area contributed by atoms with Crippen LogP contribution in [0, 0.1) is 0 Å². The highest BCUT2D eigenvalue weighted by atomic mass is 16.5. The van der Waals surface area contributed by atoms with Crippen LogP contribution in [-0.4, -0.2) is 17.0 Å². The molecule has 0 bridgehead atoms. The summed E-state index contributed by atoms with van der Waals surface area (Å²) in [5.41, 5.74) is 9.30. The number of alkyl carbamates (subject to hydrolysis) is 1. The first-order valence-corrected chi connectivity index (χ1v) is 11.8. The monoisotopic (exact) mass is 496 g/mol. The molecule has 0 radical (unpaired) electrons. The van der Waals surface area contributed by atoms with Crippen LogP contribution in [0.25, 0.3) is 0 Å². The lowest BCUT2D eigenvalue weighted by molar-refractivity contribution is -0.118. The van der Waals surface area contributed by atoms with E-state index in [0.717, 1.165) is 16.8 Å². The minimum Gasteiger partial charge on any atom is -0.487 e. The number of nitrogens with two attached hydrogens (primary N) is 1. The van der Waals surface area contributed by atoms with Crippen LogP contribution >= 0.6 is 0 Å². The molecule has 2 amide bonds. The van der Waals surface area contributed by atoms with Gasteiger partial charge in [0.15, 0.2) is 0 Å². The number of carbonyl (C=O) groups excluding carboxylic acids is 2. The fraction of sp³-hybridized carbons (Fsp3) is 0.138. The Morgan fingerprint density at radius 2 is 1.62 bits per heavy atom. The Balaban J connectivity index is 1.51. The topological polar surface area (TPSA) is 116 Å². The van der Waals surface area contributed by atoms with Gasteiger partial charge in [0.25, 0.3) is 5.91 Å². The molecule has 8 heteroatoms. The molecule has 0 aliphatic heterocycles. The number of hydrogen-bond donors (Lipinski definition) is 3. The van der Waals surface area contributed by atoms with Crippen molar-refractivity contribution in [3.63, 3.8) is 0 Å². The normalized spacial score (nSPS) is 11.3. The summed E-state index contributed by atoms with van der Waals surface area (Å²) in [5.74, 6) is 0.0956. The third kappa shape index (κ3) is 7.65. The van der Waals surface area contributed by atoms with E-state index in [1.54, 1.807) is 48.7 Å². The highest BCUT2D eigenvalue weighted by Gasteiger charge is 2.24. The third-order valence-corrected chi connectivity index (χ3v) is 5.47. The molecule has 0 saturated carbocycles. The van der Waals surface area contributed by atoms with Crippen molar-refractivity contribution < 1.29 is 19.1 Å². The quantitative estimate of drug-likeness (QED) is 0.292. The summed E-state index contributed by atoms with van der Waals surface area (Å²) in [6, 6.07) is 28.0. The van der Waals surface area contributed by atoms with Gasteiger partial charge in [-0.3, -0.25) is 9.78 Å². The first kappa shape index (κ1) is 25.4. The maximum Gasteiger partial charge on any atom is 0.408 e. The molecule has 0 saturated heterocycles. The Labute approximate surface area is 215 Å². The fourth-order valence-electron chi connectivity index (χ4n) is 3.60. The van der Waals surface area contributed by atoms with Crippen molar-refractivity contribution in [2.24, 2.45) is 5.73 Å². The highest BCUT2D eigenvalue weighted by Crippen LogP contribution is 2.23. The molecule has 4 N–H and O–H groups in total.